The molecule has 1 saturated heterocycles. The van der Waals surface area contributed by atoms with E-state index in [0.717, 1.165) is 16.4 Å². The molecular formula is C18H17ClF3NO4S2. The van der Waals surface area contributed by atoms with Crippen LogP contribution in [0.4, 0.5) is 13.2 Å². The first-order valence-electron chi connectivity index (χ1n) is 8.57. The second-order valence-electron chi connectivity index (χ2n) is 6.56. The third-order valence-electron chi connectivity index (χ3n) is 4.76. The summed E-state index contributed by atoms with van der Waals surface area (Å²) in [5.74, 6) is -0.518. The van der Waals surface area contributed by atoms with E-state index >= 15 is 0 Å². The molecule has 1 aliphatic rings. The summed E-state index contributed by atoms with van der Waals surface area (Å²) in [6.07, 6.45) is -4.97. The summed E-state index contributed by atoms with van der Waals surface area (Å²) < 4.78 is 92.0. The molecule has 0 aliphatic carbocycles. The van der Waals surface area contributed by atoms with E-state index in [-0.39, 0.29) is 18.0 Å². The van der Waals surface area contributed by atoms with Crippen LogP contribution in [0, 0.1) is 0 Å². The maximum Gasteiger partial charge on any atom is 0.417 e. The molecule has 3 rings (SSSR count). The first kappa shape index (κ1) is 22.1. The highest BCUT2D eigenvalue weighted by Gasteiger charge is 2.41. The van der Waals surface area contributed by atoms with Crippen molar-refractivity contribution in [2.45, 2.75) is 22.7 Å². The van der Waals surface area contributed by atoms with Crippen LogP contribution >= 0.6 is 11.6 Å². The zero-order valence-corrected chi connectivity index (χ0v) is 17.3. The Morgan fingerprint density at radius 2 is 1.62 bits per heavy atom. The summed E-state index contributed by atoms with van der Waals surface area (Å²) in [7, 11) is -8.31. The molecule has 1 heterocycles. The molecule has 1 fully saturated rings. The van der Waals surface area contributed by atoms with Gasteiger partial charge in [-0.25, -0.2) is 16.8 Å². The number of nitrogens with zero attached hydrogens (tertiary/aromatic N) is 1. The third-order valence-corrected chi connectivity index (χ3v) is 9.17. The van der Waals surface area contributed by atoms with Gasteiger partial charge in [0.1, 0.15) is 0 Å². The van der Waals surface area contributed by atoms with E-state index in [1.165, 1.54) is 12.1 Å². The normalized spacial score (nSPS) is 20.9. The van der Waals surface area contributed by atoms with Crippen LogP contribution in [0.15, 0.2) is 53.4 Å². The highest BCUT2D eigenvalue weighted by molar-refractivity contribution is 7.92. The van der Waals surface area contributed by atoms with E-state index in [1.54, 1.807) is 18.2 Å². The Balaban J connectivity index is 1.98. The van der Waals surface area contributed by atoms with Crippen LogP contribution in [0.2, 0.25) is 5.02 Å². The molecule has 11 heteroatoms. The molecule has 1 aliphatic heterocycles. The zero-order valence-electron chi connectivity index (χ0n) is 14.9. The summed E-state index contributed by atoms with van der Waals surface area (Å²) in [5.41, 5.74) is -0.932. The molecule has 2 aromatic rings. The minimum absolute atomic E-state index is 0.112. The molecule has 2 aromatic carbocycles. The predicted molar refractivity (Wildman–Crippen MR) is 103 cm³/mol. The second kappa shape index (κ2) is 7.90. The summed E-state index contributed by atoms with van der Waals surface area (Å²) in [6, 6.07) is 10.2. The third kappa shape index (κ3) is 4.45. The number of halogens is 4. The van der Waals surface area contributed by atoms with Gasteiger partial charge in [-0.05, 0) is 30.2 Å². The molecular weight excluding hydrogens is 451 g/mol. The van der Waals surface area contributed by atoms with Crippen molar-refractivity contribution in [3.63, 3.8) is 0 Å². The maximum atomic E-state index is 13.3. The van der Waals surface area contributed by atoms with Crippen LogP contribution in [0.3, 0.4) is 0 Å². The summed E-state index contributed by atoms with van der Waals surface area (Å²) >= 11 is 6.11. The number of sulfonamides is 1. The summed E-state index contributed by atoms with van der Waals surface area (Å²) in [4.78, 5) is -0.888. The minimum Gasteiger partial charge on any atom is -0.228 e. The molecule has 29 heavy (non-hydrogen) atoms. The Morgan fingerprint density at radius 1 is 1.00 bits per heavy atom. The van der Waals surface area contributed by atoms with Gasteiger partial charge in [-0.2, -0.15) is 17.5 Å². The molecule has 0 saturated carbocycles. The lowest BCUT2D eigenvalue weighted by molar-refractivity contribution is -0.139. The lowest BCUT2D eigenvalue weighted by atomic mass is 10.1. The second-order valence-corrected chi connectivity index (χ2v) is 11.2. The van der Waals surface area contributed by atoms with Gasteiger partial charge in [-0.3, -0.25) is 0 Å². The molecule has 0 radical (unpaired) electrons. The molecule has 5 nitrogen and oxygen atoms in total. The van der Waals surface area contributed by atoms with E-state index in [9.17, 15) is 30.0 Å². The quantitative estimate of drug-likeness (QED) is 0.686. The van der Waals surface area contributed by atoms with Gasteiger partial charge >= 0.3 is 6.18 Å². The van der Waals surface area contributed by atoms with Crippen molar-refractivity contribution in [2.75, 3.05) is 18.8 Å². The number of benzene rings is 2. The van der Waals surface area contributed by atoms with Gasteiger partial charge in [0, 0.05) is 18.1 Å². The van der Waals surface area contributed by atoms with Crippen LogP contribution in [-0.2, 0) is 26.0 Å². The van der Waals surface area contributed by atoms with Gasteiger partial charge in [0.25, 0.3) is 0 Å². The van der Waals surface area contributed by atoms with E-state index in [0.29, 0.717) is 11.6 Å². The van der Waals surface area contributed by atoms with Gasteiger partial charge in [0.15, 0.2) is 9.84 Å². The van der Waals surface area contributed by atoms with Crippen molar-refractivity contribution < 1.29 is 30.0 Å². The first-order chi connectivity index (χ1) is 13.4. The molecule has 1 unspecified atom stereocenters. The van der Waals surface area contributed by atoms with E-state index < -0.39 is 54.0 Å². The van der Waals surface area contributed by atoms with Gasteiger partial charge in [-0.15, -0.1) is 0 Å². The number of rotatable bonds is 3. The molecule has 0 bridgehead atoms. The molecule has 0 amide bonds. The van der Waals surface area contributed by atoms with Crippen molar-refractivity contribution >= 4 is 31.5 Å². The smallest absolute Gasteiger partial charge is 0.228 e. The van der Waals surface area contributed by atoms with Crippen molar-refractivity contribution in [1.29, 1.82) is 0 Å². The summed E-state index contributed by atoms with van der Waals surface area (Å²) in [6.45, 7) is -0.679. The van der Waals surface area contributed by atoms with Gasteiger partial charge < -0.3 is 0 Å². The standard InChI is InChI=1S/C18H17ClF3NO4S2/c19-15-7-3-1-5-13(15)16-9-10-23(11-12-28(16,24)25)29(26,27)17-8-4-2-6-14(17)18(20,21)22/h1-8,16H,9-12H2. The number of hydrogen-bond acceptors (Lipinski definition) is 4. The Hall–Kier alpha value is -1.62. The van der Waals surface area contributed by atoms with E-state index in [4.69, 9.17) is 11.6 Å². The monoisotopic (exact) mass is 467 g/mol. The topological polar surface area (TPSA) is 71.5 Å². The fraction of sp³-hybridized carbons (Fsp3) is 0.333. The average Bonchev–Trinajstić information content (AvgIpc) is 2.80. The highest BCUT2D eigenvalue weighted by atomic mass is 35.5. The number of alkyl halides is 3. The molecule has 0 spiro atoms. The fourth-order valence-corrected chi connectivity index (χ4v) is 7.25. The van der Waals surface area contributed by atoms with E-state index in [1.807, 2.05) is 0 Å². The Morgan fingerprint density at radius 3 is 2.28 bits per heavy atom. The number of hydrogen-bond donors (Lipinski definition) is 0. The SMILES string of the molecule is O=S1(=O)CCN(S(=O)(=O)c2ccccc2C(F)(F)F)CCC1c1ccccc1Cl. The van der Waals surface area contributed by atoms with Gasteiger partial charge in [0.05, 0.1) is 21.5 Å². The lowest BCUT2D eigenvalue weighted by Gasteiger charge is -2.22. The van der Waals surface area contributed by atoms with E-state index in [2.05, 4.69) is 0 Å². The summed E-state index contributed by atoms with van der Waals surface area (Å²) in [5, 5.41) is -0.797. The maximum absolute atomic E-state index is 13.3. The van der Waals surface area contributed by atoms with Gasteiger partial charge in [0.2, 0.25) is 10.0 Å². The average molecular weight is 468 g/mol. The molecule has 0 N–H and O–H groups in total. The number of sulfone groups is 1. The largest absolute Gasteiger partial charge is 0.417 e. The Kier molecular flexibility index (Phi) is 6.01. The van der Waals surface area contributed by atoms with Crippen LogP contribution in [0.5, 0.6) is 0 Å². The lowest BCUT2D eigenvalue weighted by Crippen LogP contribution is -2.34. The Bertz CT molecular complexity index is 1120. The minimum atomic E-state index is -4.86. The van der Waals surface area contributed by atoms with Crippen molar-refractivity contribution in [3.8, 4) is 0 Å². The van der Waals surface area contributed by atoms with Crippen LogP contribution < -0.4 is 0 Å². The Labute approximate surface area is 172 Å². The molecule has 158 valence electrons. The zero-order chi connectivity index (χ0) is 21.4. The molecule has 0 aromatic heterocycles. The predicted octanol–water partition coefficient (Wildman–Crippen LogP) is 3.91. The van der Waals surface area contributed by atoms with Crippen molar-refractivity contribution in [3.05, 3.63) is 64.7 Å². The van der Waals surface area contributed by atoms with Gasteiger partial charge in [-0.1, -0.05) is 41.9 Å². The first-order valence-corrected chi connectivity index (χ1v) is 12.1. The molecule has 1 atom stereocenters. The van der Waals surface area contributed by atoms with Crippen LogP contribution in [-0.4, -0.2) is 40.0 Å². The fourth-order valence-electron chi connectivity index (χ4n) is 3.31. The van der Waals surface area contributed by atoms with Crippen molar-refractivity contribution in [1.82, 2.24) is 4.31 Å². The van der Waals surface area contributed by atoms with Crippen LogP contribution in [0.25, 0.3) is 0 Å². The van der Waals surface area contributed by atoms with Crippen LogP contribution in [0.1, 0.15) is 22.8 Å². The highest BCUT2D eigenvalue weighted by Crippen LogP contribution is 2.38. The van der Waals surface area contributed by atoms with Crippen molar-refractivity contribution in [2.24, 2.45) is 0 Å².